The third-order valence-electron chi connectivity index (χ3n) is 3.85. The molecule has 1 aliphatic rings. The maximum Gasteiger partial charge on any atom is 0.264 e. The van der Waals surface area contributed by atoms with E-state index >= 15 is 0 Å². The molecule has 0 atom stereocenters. The molecule has 0 bridgehead atoms. The van der Waals surface area contributed by atoms with Gasteiger partial charge in [0.25, 0.3) is 5.52 Å². The molecule has 1 aliphatic carbocycles. The van der Waals surface area contributed by atoms with Gasteiger partial charge in [0.2, 0.25) is 6.20 Å². The zero-order valence-corrected chi connectivity index (χ0v) is 10.7. The van der Waals surface area contributed by atoms with Crippen LogP contribution in [0.4, 0.5) is 0 Å². The Morgan fingerprint density at radius 3 is 2.67 bits per heavy atom. The Labute approximate surface area is 108 Å². The van der Waals surface area contributed by atoms with Gasteiger partial charge < -0.3 is 0 Å². The molecule has 0 saturated heterocycles. The second-order valence-corrected chi connectivity index (χ2v) is 5.19. The van der Waals surface area contributed by atoms with E-state index in [9.17, 15) is 0 Å². The van der Waals surface area contributed by atoms with Gasteiger partial charge in [0, 0.05) is 16.9 Å². The predicted octanol–water partition coefficient (Wildman–Crippen LogP) is 3.14. The summed E-state index contributed by atoms with van der Waals surface area (Å²) in [6.45, 7) is 0.846. The first-order valence-corrected chi connectivity index (χ1v) is 6.96. The van der Waals surface area contributed by atoms with Crippen LogP contribution in [0.15, 0.2) is 42.6 Å². The first-order valence-electron chi connectivity index (χ1n) is 6.96. The standard InChI is InChI=1S/C16H20NO/c1-2-7-14(8-3-1)13-18-17-12-6-10-15-9-4-5-11-16(15)17/h4-6,9-12,14H,1-3,7-8,13H2/q+1. The summed E-state index contributed by atoms with van der Waals surface area (Å²) in [5.41, 5.74) is 1.15. The molecule has 2 aromatic rings. The lowest BCUT2D eigenvalue weighted by molar-refractivity contribution is -0.872. The third kappa shape index (κ3) is 2.47. The SMILES string of the molecule is c1ccc2c(c1)ccc[n+]2OCC1CCCCC1. The molecule has 94 valence electrons. The van der Waals surface area contributed by atoms with E-state index in [4.69, 9.17) is 4.84 Å². The van der Waals surface area contributed by atoms with Crippen molar-refractivity contribution in [3.63, 3.8) is 0 Å². The van der Waals surface area contributed by atoms with Crippen molar-refractivity contribution in [3.8, 4) is 0 Å². The number of pyridine rings is 1. The molecule has 1 heterocycles. The molecular weight excluding hydrogens is 222 g/mol. The molecule has 3 rings (SSSR count). The fourth-order valence-corrected chi connectivity index (χ4v) is 2.79. The molecular formula is C16H20NO+. The number of benzene rings is 1. The predicted molar refractivity (Wildman–Crippen MR) is 72.2 cm³/mol. The van der Waals surface area contributed by atoms with Gasteiger partial charge in [-0.15, -0.1) is 0 Å². The molecule has 1 aromatic heterocycles. The van der Waals surface area contributed by atoms with Gasteiger partial charge in [0.1, 0.15) is 0 Å². The van der Waals surface area contributed by atoms with Crippen LogP contribution < -0.4 is 9.57 Å². The van der Waals surface area contributed by atoms with Gasteiger partial charge >= 0.3 is 0 Å². The van der Waals surface area contributed by atoms with E-state index in [2.05, 4.69) is 30.3 Å². The molecule has 0 spiro atoms. The van der Waals surface area contributed by atoms with Crippen molar-refractivity contribution < 1.29 is 9.57 Å². The van der Waals surface area contributed by atoms with E-state index in [1.165, 1.54) is 37.5 Å². The quantitative estimate of drug-likeness (QED) is 0.754. The summed E-state index contributed by atoms with van der Waals surface area (Å²) in [5.74, 6) is 0.741. The highest BCUT2D eigenvalue weighted by molar-refractivity contribution is 5.74. The van der Waals surface area contributed by atoms with Gasteiger partial charge in [-0.1, -0.05) is 31.4 Å². The average Bonchev–Trinajstić information content (AvgIpc) is 2.46. The minimum Gasteiger partial charge on any atom is -0.271 e. The Morgan fingerprint density at radius 1 is 1.00 bits per heavy atom. The lowest BCUT2D eigenvalue weighted by Gasteiger charge is -2.19. The van der Waals surface area contributed by atoms with Crippen LogP contribution in [0, 0.1) is 5.92 Å². The van der Waals surface area contributed by atoms with Crippen molar-refractivity contribution >= 4 is 10.9 Å². The maximum absolute atomic E-state index is 5.98. The van der Waals surface area contributed by atoms with E-state index in [1.807, 2.05) is 17.0 Å². The first-order chi connectivity index (χ1) is 8.93. The van der Waals surface area contributed by atoms with E-state index in [-0.39, 0.29) is 0 Å². The van der Waals surface area contributed by atoms with E-state index < -0.39 is 0 Å². The average molecular weight is 242 g/mol. The Balaban J connectivity index is 1.74. The fraction of sp³-hybridized carbons (Fsp3) is 0.438. The second kappa shape index (κ2) is 5.38. The Morgan fingerprint density at radius 2 is 1.78 bits per heavy atom. The molecule has 0 aliphatic heterocycles. The second-order valence-electron chi connectivity index (χ2n) is 5.19. The Bertz CT molecular complexity index is 512. The van der Waals surface area contributed by atoms with Gasteiger partial charge in [0.05, 0.1) is 5.39 Å². The molecule has 2 heteroatoms. The lowest BCUT2D eigenvalue weighted by Crippen LogP contribution is -2.45. The minimum atomic E-state index is 0.741. The maximum atomic E-state index is 5.98. The highest BCUT2D eigenvalue weighted by Gasteiger charge is 2.17. The van der Waals surface area contributed by atoms with Crippen molar-refractivity contribution in [2.75, 3.05) is 6.61 Å². The minimum absolute atomic E-state index is 0.741. The van der Waals surface area contributed by atoms with Crippen LogP contribution in [0.1, 0.15) is 32.1 Å². The monoisotopic (exact) mass is 242 g/mol. The number of aromatic nitrogens is 1. The highest BCUT2D eigenvalue weighted by atomic mass is 16.7. The fourth-order valence-electron chi connectivity index (χ4n) is 2.79. The number of hydrogen-bond donors (Lipinski definition) is 0. The molecule has 1 aromatic carbocycles. The zero-order valence-electron chi connectivity index (χ0n) is 10.7. The Kier molecular flexibility index (Phi) is 3.44. The van der Waals surface area contributed by atoms with Crippen LogP contribution >= 0.6 is 0 Å². The van der Waals surface area contributed by atoms with Crippen LogP contribution in [-0.2, 0) is 0 Å². The lowest BCUT2D eigenvalue weighted by atomic mass is 9.90. The largest absolute Gasteiger partial charge is 0.271 e. The molecule has 0 amide bonds. The van der Waals surface area contributed by atoms with E-state index in [0.29, 0.717) is 0 Å². The molecule has 2 nitrogen and oxygen atoms in total. The Hall–Kier alpha value is -1.57. The number of rotatable bonds is 3. The molecule has 18 heavy (non-hydrogen) atoms. The van der Waals surface area contributed by atoms with E-state index in [0.717, 1.165) is 18.0 Å². The third-order valence-corrected chi connectivity index (χ3v) is 3.85. The van der Waals surface area contributed by atoms with Gasteiger partial charge in [-0.25, -0.2) is 0 Å². The van der Waals surface area contributed by atoms with Gasteiger partial charge in [-0.2, -0.15) is 0 Å². The van der Waals surface area contributed by atoms with Crippen molar-refractivity contribution in [3.05, 3.63) is 42.6 Å². The topological polar surface area (TPSA) is 13.1 Å². The van der Waals surface area contributed by atoms with Gasteiger partial charge in [-0.3, -0.25) is 4.84 Å². The molecule has 0 radical (unpaired) electrons. The van der Waals surface area contributed by atoms with Crippen LogP contribution in [0.2, 0.25) is 0 Å². The van der Waals surface area contributed by atoms with Crippen molar-refractivity contribution in [1.82, 2.24) is 0 Å². The summed E-state index contributed by atoms with van der Waals surface area (Å²) >= 11 is 0. The summed E-state index contributed by atoms with van der Waals surface area (Å²) in [5, 5.41) is 1.23. The van der Waals surface area contributed by atoms with Crippen LogP contribution in [-0.4, -0.2) is 6.61 Å². The van der Waals surface area contributed by atoms with Gasteiger partial charge in [0.15, 0.2) is 6.61 Å². The number of para-hydroxylation sites is 1. The van der Waals surface area contributed by atoms with Crippen molar-refractivity contribution in [2.45, 2.75) is 32.1 Å². The van der Waals surface area contributed by atoms with Crippen LogP contribution in [0.3, 0.4) is 0 Å². The number of hydrogen-bond acceptors (Lipinski definition) is 1. The molecule has 1 saturated carbocycles. The first kappa shape index (κ1) is 11.5. The highest BCUT2D eigenvalue weighted by Crippen LogP contribution is 2.22. The summed E-state index contributed by atoms with van der Waals surface area (Å²) < 4.78 is 1.92. The number of fused-ring (bicyclic) bond motifs is 1. The van der Waals surface area contributed by atoms with Crippen LogP contribution in [0.25, 0.3) is 10.9 Å². The normalized spacial score (nSPS) is 16.9. The summed E-state index contributed by atoms with van der Waals surface area (Å²) in [7, 11) is 0. The van der Waals surface area contributed by atoms with Crippen LogP contribution in [0.5, 0.6) is 0 Å². The molecule has 0 unspecified atom stereocenters. The summed E-state index contributed by atoms with van der Waals surface area (Å²) in [6, 6.07) is 12.5. The van der Waals surface area contributed by atoms with E-state index in [1.54, 1.807) is 0 Å². The van der Waals surface area contributed by atoms with Gasteiger partial charge in [-0.05, 0) is 30.9 Å². The van der Waals surface area contributed by atoms with Crippen molar-refractivity contribution in [1.29, 1.82) is 0 Å². The zero-order chi connectivity index (χ0) is 12.2. The molecule has 1 fully saturated rings. The smallest absolute Gasteiger partial charge is 0.264 e. The molecule has 0 N–H and O–H groups in total. The summed E-state index contributed by atoms with van der Waals surface area (Å²) in [4.78, 5) is 5.98. The summed E-state index contributed by atoms with van der Waals surface area (Å²) in [6.07, 6.45) is 8.79. The van der Waals surface area contributed by atoms with Crippen molar-refractivity contribution in [2.24, 2.45) is 5.92 Å². The number of nitrogens with zero attached hydrogens (tertiary/aromatic N) is 1.